The number of nitro benzene ring substituents is 1. The van der Waals surface area contributed by atoms with Crippen LogP contribution < -0.4 is 5.32 Å². The van der Waals surface area contributed by atoms with E-state index in [1.54, 1.807) is 12.1 Å². The molecule has 0 bridgehead atoms. The van der Waals surface area contributed by atoms with Crippen LogP contribution in [0.4, 0.5) is 5.69 Å². The first-order chi connectivity index (χ1) is 9.60. The summed E-state index contributed by atoms with van der Waals surface area (Å²) in [5, 5.41) is 14.2. The van der Waals surface area contributed by atoms with Crippen molar-refractivity contribution in [3.63, 3.8) is 0 Å². The molecule has 1 aromatic rings. The number of morpholine rings is 1. The van der Waals surface area contributed by atoms with Crippen LogP contribution in [-0.4, -0.2) is 49.2 Å². The molecule has 0 aliphatic carbocycles. The van der Waals surface area contributed by atoms with Crippen molar-refractivity contribution >= 4 is 17.3 Å². The molecule has 20 heavy (non-hydrogen) atoms. The zero-order valence-electron chi connectivity index (χ0n) is 11.3. The Bertz CT molecular complexity index is 482. The van der Waals surface area contributed by atoms with Crippen LogP contribution in [0.1, 0.15) is 5.56 Å². The van der Waals surface area contributed by atoms with Crippen molar-refractivity contribution in [1.82, 2.24) is 10.2 Å². The monoisotopic (exact) mass is 299 g/mol. The van der Waals surface area contributed by atoms with E-state index in [9.17, 15) is 10.1 Å². The molecule has 1 aliphatic rings. The lowest BCUT2D eigenvalue weighted by molar-refractivity contribution is -0.384. The van der Waals surface area contributed by atoms with Crippen molar-refractivity contribution in [1.29, 1.82) is 0 Å². The van der Waals surface area contributed by atoms with Crippen LogP contribution >= 0.6 is 11.6 Å². The molecule has 7 heteroatoms. The lowest BCUT2D eigenvalue weighted by Gasteiger charge is -2.32. The fourth-order valence-corrected chi connectivity index (χ4v) is 2.52. The number of nitro groups is 1. The normalized spacial score (nSPS) is 20.0. The molecule has 1 N–H and O–H groups in total. The number of ether oxygens (including phenoxy) is 1. The van der Waals surface area contributed by atoms with Crippen molar-refractivity contribution in [2.75, 3.05) is 33.3 Å². The Morgan fingerprint density at radius 2 is 2.40 bits per heavy atom. The number of likely N-dealkylation sites (N-methyl/N-ethyl adjacent to an activating group) is 1. The van der Waals surface area contributed by atoms with Crippen molar-refractivity contribution in [3.05, 3.63) is 38.9 Å². The quantitative estimate of drug-likeness (QED) is 0.662. The van der Waals surface area contributed by atoms with Crippen LogP contribution in [-0.2, 0) is 11.3 Å². The Kier molecular flexibility index (Phi) is 5.31. The SMILES string of the molecule is CNCC1CN(Cc2ccc(Cl)c([N+](=O)[O-])c2)CCO1. The first-order valence-corrected chi connectivity index (χ1v) is 6.89. The van der Waals surface area contributed by atoms with E-state index < -0.39 is 4.92 Å². The van der Waals surface area contributed by atoms with E-state index in [2.05, 4.69) is 10.2 Å². The van der Waals surface area contributed by atoms with E-state index in [0.717, 1.165) is 25.2 Å². The maximum absolute atomic E-state index is 10.9. The minimum absolute atomic E-state index is 0.0378. The maximum Gasteiger partial charge on any atom is 0.288 e. The molecule has 1 atom stereocenters. The molecule has 6 nitrogen and oxygen atoms in total. The second-order valence-corrected chi connectivity index (χ2v) is 5.24. The van der Waals surface area contributed by atoms with Gasteiger partial charge in [-0.05, 0) is 18.7 Å². The van der Waals surface area contributed by atoms with E-state index in [0.29, 0.717) is 13.2 Å². The van der Waals surface area contributed by atoms with Gasteiger partial charge in [0.2, 0.25) is 0 Å². The third-order valence-electron chi connectivity index (χ3n) is 3.27. The Hall–Kier alpha value is -1.21. The summed E-state index contributed by atoms with van der Waals surface area (Å²) in [7, 11) is 1.89. The molecule has 0 saturated carbocycles. The van der Waals surface area contributed by atoms with Crippen LogP contribution in [0.25, 0.3) is 0 Å². The van der Waals surface area contributed by atoms with Gasteiger partial charge in [0.15, 0.2) is 0 Å². The second kappa shape index (κ2) is 6.99. The average molecular weight is 300 g/mol. The Balaban J connectivity index is 2.02. The maximum atomic E-state index is 10.9. The molecule has 110 valence electrons. The van der Waals surface area contributed by atoms with Gasteiger partial charge in [0.1, 0.15) is 5.02 Å². The number of nitrogens with zero attached hydrogens (tertiary/aromatic N) is 2. The predicted octanol–water partition coefficient (Wildman–Crippen LogP) is 1.67. The van der Waals surface area contributed by atoms with E-state index in [-0.39, 0.29) is 16.8 Å². The standard InChI is InChI=1S/C13H18ClN3O3/c1-15-7-11-9-16(4-5-20-11)8-10-2-3-12(14)13(6-10)17(18)19/h2-3,6,11,15H,4-5,7-9H2,1H3. The minimum atomic E-state index is -0.449. The molecule has 1 unspecified atom stereocenters. The van der Waals surface area contributed by atoms with Gasteiger partial charge in [-0.1, -0.05) is 17.7 Å². The summed E-state index contributed by atoms with van der Waals surface area (Å²) >= 11 is 5.81. The molecule has 1 aromatic carbocycles. The highest BCUT2D eigenvalue weighted by Gasteiger charge is 2.21. The zero-order chi connectivity index (χ0) is 14.5. The highest BCUT2D eigenvalue weighted by molar-refractivity contribution is 6.32. The summed E-state index contributed by atoms with van der Waals surface area (Å²) in [6, 6.07) is 4.96. The summed E-state index contributed by atoms with van der Waals surface area (Å²) < 4.78 is 5.63. The predicted molar refractivity (Wildman–Crippen MR) is 77.1 cm³/mol. The average Bonchev–Trinajstić information content (AvgIpc) is 2.41. The lowest BCUT2D eigenvalue weighted by Crippen LogP contribution is -2.45. The lowest BCUT2D eigenvalue weighted by atomic mass is 10.1. The van der Waals surface area contributed by atoms with Gasteiger partial charge in [-0.15, -0.1) is 0 Å². The first kappa shape index (κ1) is 15.2. The van der Waals surface area contributed by atoms with Gasteiger partial charge in [0, 0.05) is 32.2 Å². The van der Waals surface area contributed by atoms with Gasteiger partial charge in [0.05, 0.1) is 17.6 Å². The number of hydrogen-bond acceptors (Lipinski definition) is 5. The van der Waals surface area contributed by atoms with Crippen LogP contribution in [0, 0.1) is 10.1 Å². The summed E-state index contributed by atoms with van der Waals surface area (Å²) in [6.07, 6.45) is 0.163. The smallest absolute Gasteiger partial charge is 0.288 e. The first-order valence-electron chi connectivity index (χ1n) is 6.51. The van der Waals surface area contributed by atoms with Gasteiger partial charge in [0.25, 0.3) is 5.69 Å². The number of benzene rings is 1. The zero-order valence-corrected chi connectivity index (χ0v) is 12.1. The molecular weight excluding hydrogens is 282 g/mol. The molecule has 0 spiro atoms. The van der Waals surface area contributed by atoms with Crippen molar-refractivity contribution in [2.45, 2.75) is 12.6 Å². The fourth-order valence-electron chi connectivity index (χ4n) is 2.33. The number of rotatable bonds is 5. The largest absolute Gasteiger partial charge is 0.374 e. The van der Waals surface area contributed by atoms with Crippen LogP contribution in [0.15, 0.2) is 18.2 Å². The van der Waals surface area contributed by atoms with Crippen LogP contribution in [0.5, 0.6) is 0 Å². The number of nitrogens with one attached hydrogen (secondary N) is 1. The number of hydrogen-bond donors (Lipinski definition) is 1. The van der Waals surface area contributed by atoms with Crippen molar-refractivity contribution in [2.24, 2.45) is 0 Å². The molecule has 2 rings (SSSR count). The molecule has 0 aromatic heterocycles. The minimum Gasteiger partial charge on any atom is -0.374 e. The second-order valence-electron chi connectivity index (χ2n) is 4.83. The van der Waals surface area contributed by atoms with Gasteiger partial charge in [-0.25, -0.2) is 0 Å². The van der Waals surface area contributed by atoms with Gasteiger partial charge < -0.3 is 10.1 Å². The van der Waals surface area contributed by atoms with Gasteiger partial charge >= 0.3 is 0 Å². The van der Waals surface area contributed by atoms with Crippen molar-refractivity contribution in [3.8, 4) is 0 Å². The highest BCUT2D eigenvalue weighted by atomic mass is 35.5. The molecule has 0 amide bonds. The topological polar surface area (TPSA) is 67.6 Å². The van der Waals surface area contributed by atoms with E-state index in [1.165, 1.54) is 0 Å². The molecule has 1 saturated heterocycles. The molecule has 1 heterocycles. The van der Waals surface area contributed by atoms with Crippen LogP contribution in [0.2, 0.25) is 5.02 Å². The summed E-state index contributed by atoms with van der Waals surface area (Å²) in [4.78, 5) is 12.7. The highest BCUT2D eigenvalue weighted by Crippen LogP contribution is 2.25. The number of halogens is 1. The molecule has 1 fully saturated rings. The van der Waals surface area contributed by atoms with Crippen LogP contribution in [0.3, 0.4) is 0 Å². The van der Waals surface area contributed by atoms with E-state index in [4.69, 9.17) is 16.3 Å². The van der Waals surface area contributed by atoms with E-state index >= 15 is 0 Å². The Labute approximate surface area is 122 Å². The summed E-state index contributed by atoms with van der Waals surface area (Å²) in [6.45, 7) is 3.80. The van der Waals surface area contributed by atoms with Gasteiger partial charge in [-0.2, -0.15) is 0 Å². The summed E-state index contributed by atoms with van der Waals surface area (Å²) in [5.41, 5.74) is 0.857. The van der Waals surface area contributed by atoms with Crippen molar-refractivity contribution < 1.29 is 9.66 Å². The molecular formula is C13H18ClN3O3. The van der Waals surface area contributed by atoms with Gasteiger partial charge in [-0.3, -0.25) is 15.0 Å². The van der Waals surface area contributed by atoms with E-state index in [1.807, 2.05) is 13.1 Å². The third kappa shape index (κ3) is 3.89. The summed E-state index contributed by atoms with van der Waals surface area (Å²) in [5.74, 6) is 0. The fraction of sp³-hybridized carbons (Fsp3) is 0.538. The third-order valence-corrected chi connectivity index (χ3v) is 3.59. The molecule has 0 radical (unpaired) electrons. The Morgan fingerprint density at radius 1 is 1.60 bits per heavy atom. The molecule has 1 aliphatic heterocycles. The Morgan fingerprint density at radius 3 is 3.10 bits per heavy atom.